The Morgan fingerprint density at radius 2 is 1.94 bits per heavy atom. The second-order valence-electron chi connectivity index (χ2n) is 8.07. The summed E-state index contributed by atoms with van der Waals surface area (Å²) in [5.41, 5.74) is 3.62. The predicted molar refractivity (Wildman–Crippen MR) is 128 cm³/mol. The van der Waals surface area contributed by atoms with Gasteiger partial charge < -0.3 is 10.1 Å². The summed E-state index contributed by atoms with van der Waals surface area (Å²) < 4.78 is 7.36. The van der Waals surface area contributed by atoms with Crippen LogP contribution in [0.1, 0.15) is 43.4 Å². The van der Waals surface area contributed by atoms with Crippen molar-refractivity contribution >= 4 is 29.2 Å². The van der Waals surface area contributed by atoms with Crippen LogP contribution >= 0.6 is 11.8 Å². The number of nitrogens with one attached hydrogen (secondary N) is 1. The molecule has 0 unspecified atom stereocenters. The predicted octanol–water partition coefficient (Wildman–Crippen LogP) is 4.90. The molecule has 1 aliphatic heterocycles. The number of aromatic nitrogens is 3. The lowest BCUT2D eigenvalue weighted by atomic mass is 9.85. The number of rotatable bonds is 7. The van der Waals surface area contributed by atoms with Gasteiger partial charge in [0.05, 0.1) is 11.5 Å². The van der Waals surface area contributed by atoms with Gasteiger partial charge in [-0.15, -0.1) is 5.10 Å². The van der Waals surface area contributed by atoms with Crippen LogP contribution in [0.3, 0.4) is 0 Å². The number of hydrogen-bond donors (Lipinski definition) is 1. The van der Waals surface area contributed by atoms with Crippen molar-refractivity contribution in [1.29, 1.82) is 0 Å². The molecule has 34 heavy (non-hydrogen) atoms. The number of thioether (sulfide) groups is 1. The quantitative estimate of drug-likeness (QED) is 0.290. The highest BCUT2D eigenvalue weighted by atomic mass is 32.2. The number of nitro groups is 1. The van der Waals surface area contributed by atoms with Crippen molar-refractivity contribution in [3.8, 4) is 5.75 Å². The molecule has 0 amide bonds. The van der Waals surface area contributed by atoms with Crippen LogP contribution in [0, 0.1) is 10.1 Å². The minimum absolute atomic E-state index is 0.0630. The standard InChI is InChI=1S/C24H23N5O4S/c1-2-33-18-12-8-16(9-13-18)22-21-19(4-3-5-20(21)30)25-23-26-24(27-28(22)23)34-14-15-6-10-17(11-7-15)29(31)32/h6-13,22H,2-5,14H2,1H3,(H,25,26,27)/t22-/m0/s1. The Balaban J connectivity index is 1.44. The molecular weight excluding hydrogens is 454 g/mol. The number of allylic oxidation sites excluding steroid dienone is 2. The largest absolute Gasteiger partial charge is 0.494 e. The van der Waals surface area contributed by atoms with E-state index < -0.39 is 4.92 Å². The van der Waals surface area contributed by atoms with E-state index in [9.17, 15) is 14.9 Å². The van der Waals surface area contributed by atoms with Crippen LogP contribution in [0.25, 0.3) is 0 Å². The van der Waals surface area contributed by atoms with E-state index in [2.05, 4.69) is 10.3 Å². The monoisotopic (exact) mass is 477 g/mol. The number of anilines is 1. The summed E-state index contributed by atoms with van der Waals surface area (Å²) in [5.74, 6) is 2.09. The summed E-state index contributed by atoms with van der Waals surface area (Å²) in [4.78, 5) is 28.1. The van der Waals surface area contributed by atoms with Gasteiger partial charge in [0.15, 0.2) is 5.78 Å². The molecule has 0 bridgehead atoms. The Bertz CT molecular complexity index is 1270. The summed E-state index contributed by atoms with van der Waals surface area (Å²) in [7, 11) is 0. The zero-order valence-corrected chi connectivity index (χ0v) is 19.4. The maximum atomic E-state index is 12.9. The van der Waals surface area contributed by atoms with Crippen molar-refractivity contribution in [3.05, 3.63) is 81.0 Å². The van der Waals surface area contributed by atoms with Gasteiger partial charge in [-0.1, -0.05) is 36.0 Å². The fourth-order valence-electron chi connectivity index (χ4n) is 4.28. The van der Waals surface area contributed by atoms with Gasteiger partial charge in [-0.25, -0.2) is 4.68 Å². The number of carbonyl (C=O) groups excluding carboxylic acids is 1. The number of carbonyl (C=O) groups is 1. The van der Waals surface area contributed by atoms with E-state index in [1.165, 1.54) is 23.9 Å². The lowest BCUT2D eigenvalue weighted by Gasteiger charge is -2.32. The van der Waals surface area contributed by atoms with E-state index in [1.54, 1.807) is 16.8 Å². The Morgan fingerprint density at radius 3 is 2.65 bits per heavy atom. The van der Waals surface area contributed by atoms with E-state index >= 15 is 0 Å². The molecule has 1 aromatic heterocycles. The van der Waals surface area contributed by atoms with Crippen molar-refractivity contribution in [2.24, 2.45) is 0 Å². The van der Waals surface area contributed by atoms with Crippen LogP contribution < -0.4 is 10.1 Å². The van der Waals surface area contributed by atoms with Crippen LogP contribution in [0.15, 0.2) is 65.0 Å². The molecule has 1 N–H and O–H groups in total. The van der Waals surface area contributed by atoms with Gasteiger partial charge in [0, 0.05) is 35.6 Å². The third kappa shape index (κ3) is 4.28. The van der Waals surface area contributed by atoms with Crippen LogP contribution in [0.4, 0.5) is 11.6 Å². The van der Waals surface area contributed by atoms with Crippen molar-refractivity contribution in [3.63, 3.8) is 0 Å². The van der Waals surface area contributed by atoms with Gasteiger partial charge in [0.2, 0.25) is 11.1 Å². The Morgan fingerprint density at radius 1 is 1.18 bits per heavy atom. The summed E-state index contributed by atoms with van der Waals surface area (Å²) >= 11 is 1.45. The second-order valence-corrected chi connectivity index (χ2v) is 9.02. The number of ether oxygens (including phenoxy) is 1. The number of nitro benzene ring substituents is 1. The number of Topliss-reactive ketones (excluding diaryl/α,β-unsaturated/α-hetero) is 1. The molecule has 0 spiro atoms. The smallest absolute Gasteiger partial charge is 0.269 e. The van der Waals surface area contributed by atoms with Gasteiger partial charge >= 0.3 is 0 Å². The first kappa shape index (κ1) is 22.1. The first-order valence-corrected chi connectivity index (χ1v) is 12.1. The fraction of sp³-hybridized carbons (Fsp3) is 0.292. The molecule has 0 saturated carbocycles. The molecule has 0 radical (unpaired) electrons. The molecule has 9 nitrogen and oxygen atoms in total. The number of benzene rings is 2. The molecule has 2 aliphatic rings. The van der Waals surface area contributed by atoms with Crippen LogP contribution in [-0.4, -0.2) is 32.1 Å². The van der Waals surface area contributed by atoms with Crippen LogP contribution in [0.2, 0.25) is 0 Å². The number of fused-ring (bicyclic) bond motifs is 1. The summed E-state index contributed by atoms with van der Waals surface area (Å²) in [5, 5.41) is 19.5. The highest BCUT2D eigenvalue weighted by molar-refractivity contribution is 7.98. The summed E-state index contributed by atoms with van der Waals surface area (Å²) in [6.07, 6.45) is 2.14. The Hall–Kier alpha value is -3.66. The minimum Gasteiger partial charge on any atom is -0.494 e. The molecule has 1 aliphatic carbocycles. The van der Waals surface area contributed by atoms with Gasteiger partial charge in [-0.3, -0.25) is 14.9 Å². The minimum atomic E-state index is -0.412. The van der Waals surface area contributed by atoms with E-state index in [-0.39, 0.29) is 17.5 Å². The van der Waals surface area contributed by atoms with E-state index in [4.69, 9.17) is 9.84 Å². The third-order valence-electron chi connectivity index (χ3n) is 5.87. The van der Waals surface area contributed by atoms with E-state index in [1.807, 2.05) is 31.2 Å². The summed E-state index contributed by atoms with van der Waals surface area (Å²) in [6, 6.07) is 13.9. The highest BCUT2D eigenvalue weighted by Crippen LogP contribution is 2.41. The fourth-order valence-corrected chi connectivity index (χ4v) is 5.07. The van der Waals surface area contributed by atoms with Crippen LogP contribution in [-0.2, 0) is 10.5 Å². The number of hydrogen-bond acceptors (Lipinski definition) is 8. The molecular formula is C24H23N5O4S. The van der Waals surface area contributed by atoms with Gasteiger partial charge in [-0.05, 0) is 43.0 Å². The van der Waals surface area contributed by atoms with Gasteiger partial charge in [0.1, 0.15) is 11.8 Å². The Kier molecular flexibility index (Phi) is 6.06. The topological polar surface area (TPSA) is 112 Å². The molecule has 2 heterocycles. The molecule has 3 aromatic rings. The zero-order valence-electron chi connectivity index (χ0n) is 18.6. The molecule has 174 valence electrons. The van der Waals surface area contributed by atoms with Crippen LogP contribution in [0.5, 0.6) is 5.75 Å². The molecule has 2 aromatic carbocycles. The first-order chi connectivity index (χ1) is 16.5. The zero-order chi connectivity index (χ0) is 23.7. The van der Waals surface area contributed by atoms with Gasteiger partial charge in [0.25, 0.3) is 5.69 Å². The van der Waals surface area contributed by atoms with E-state index in [0.29, 0.717) is 29.9 Å². The van der Waals surface area contributed by atoms with E-state index in [0.717, 1.165) is 41.0 Å². The second kappa shape index (κ2) is 9.30. The van der Waals surface area contributed by atoms with Crippen molar-refractivity contribution < 1.29 is 14.5 Å². The molecule has 1 atom stereocenters. The molecule has 0 fully saturated rings. The number of non-ortho nitro benzene ring substituents is 1. The van der Waals surface area contributed by atoms with Crippen molar-refractivity contribution in [2.45, 2.75) is 43.1 Å². The lowest BCUT2D eigenvalue weighted by molar-refractivity contribution is -0.384. The first-order valence-electron chi connectivity index (χ1n) is 11.1. The molecule has 10 heteroatoms. The third-order valence-corrected chi connectivity index (χ3v) is 6.78. The number of ketones is 1. The average molecular weight is 478 g/mol. The Labute approximate surface area is 200 Å². The lowest BCUT2D eigenvalue weighted by Crippen LogP contribution is -2.31. The normalized spacial score (nSPS) is 17.1. The van der Waals surface area contributed by atoms with Crippen molar-refractivity contribution in [2.75, 3.05) is 11.9 Å². The maximum absolute atomic E-state index is 12.9. The SMILES string of the molecule is CCOc1ccc([C@H]2C3=C(CCCC3=O)Nc3nc(SCc4ccc([N+](=O)[O-])cc4)nn32)cc1. The van der Waals surface area contributed by atoms with Gasteiger partial charge in [-0.2, -0.15) is 4.98 Å². The molecule has 0 saturated heterocycles. The summed E-state index contributed by atoms with van der Waals surface area (Å²) in [6.45, 7) is 2.53. The average Bonchev–Trinajstić information content (AvgIpc) is 3.25. The highest BCUT2D eigenvalue weighted by Gasteiger charge is 2.36. The van der Waals surface area contributed by atoms with Crippen molar-refractivity contribution in [1.82, 2.24) is 14.8 Å². The molecule has 5 rings (SSSR count). The number of nitrogens with zero attached hydrogens (tertiary/aromatic N) is 4. The maximum Gasteiger partial charge on any atom is 0.269 e.